The number of hydrogen-bond donors (Lipinski definition) is 2. The van der Waals surface area contributed by atoms with Crippen molar-refractivity contribution in [1.29, 1.82) is 0 Å². The Kier molecular flexibility index (Phi) is 3.99. The number of nitrogen functional groups attached to an aromatic ring is 1. The molecule has 2 aromatic rings. The van der Waals surface area contributed by atoms with E-state index in [2.05, 4.69) is 39.5 Å². The maximum atomic E-state index is 5.75. The van der Waals surface area contributed by atoms with Gasteiger partial charge in [0.05, 0.1) is 22.4 Å². The summed E-state index contributed by atoms with van der Waals surface area (Å²) in [5.74, 6) is 1.11. The van der Waals surface area contributed by atoms with Crippen molar-refractivity contribution in [3.63, 3.8) is 0 Å². The number of aromatic nitrogens is 3. The van der Waals surface area contributed by atoms with Crippen LogP contribution in [-0.4, -0.2) is 15.0 Å². The maximum absolute atomic E-state index is 5.75. The van der Waals surface area contributed by atoms with E-state index >= 15 is 0 Å². The number of hydrogen-bond acceptors (Lipinski definition) is 6. The highest BCUT2D eigenvalue weighted by molar-refractivity contribution is 7.09. The zero-order valence-electron chi connectivity index (χ0n) is 11.7. The van der Waals surface area contributed by atoms with Gasteiger partial charge in [-0.3, -0.25) is 0 Å². The number of thiazole rings is 1. The van der Waals surface area contributed by atoms with E-state index in [-0.39, 0.29) is 6.04 Å². The third-order valence-corrected chi connectivity index (χ3v) is 3.82. The molecule has 0 aliphatic carbocycles. The quantitative estimate of drug-likeness (QED) is 0.898. The fraction of sp³-hybridized carbons (Fsp3) is 0.462. The van der Waals surface area contributed by atoms with Crippen LogP contribution in [0.5, 0.6) is 0 Å². The molecular weight excluding hydrogens is 258 g/mol. The van der Waals surface area contributed by atoms with Gasteiger partial charge in [0, 0.05) is 10.9 Å². The maximum Gasteiger partial charge on any atom is 0.222 e. The summed E-state index contributed by atoms with van der Waals surface area (Å²) in [6, 6.07) is 0.0997. The highest BCUT2D eigenvalue weighted by Gasteiger charge is 2.13. The molecule has 0 amide bonds. The predicted molar refractivity (Wildman–Crippen MR) is 79.4 cm³/mol. The van der Waals surface area contributed by atoms with Crippen molar-refractivity contribution >= 4 is 23.1 Å². The van der Waals surface area contributed by atoms with Crippen molar-refractivity contribution in [1.82, 2.24) is 15.0 Å². The van der Waals surface area contributed by atoms with E-state index in [4.69, 9.17) is 5.73 Å². The van der Waals surface area contributed by atoms with Gasteiger partial charge in [-0.2, -0.15) is 4.98 Å². The topological polar surface area (TPSA) is 76.7 Å². The van der Waals surface area contributed by atoms with Crippen LogP contribution in [0.25, 0.3) is 0 Å². The molecule has 3 N–H and O–H groups in total. The zero-order valence-corrected chi connectivity index (χ0v) is 12.5. The fourth-order valence-corrected chi connectivity index (χ4v) is 2.63. The average Bonchev–Trinajstić information content (AvgIpc) is 2.80. The lowest BCUT2D eigenvalue weighted by Gasteiger charge is -2.16. The van der Waals surface area contributed by atoms with Gasteiger partial charge in [-0.05, 0) is 27.2 Å². The largest absolute Gasteiger partial charge is 0.368 e. The SMILES string of the molecule is CCc1nc(N)nc(N[C@@H](C)c2csc(C)n2)c1C. The minimum atomic E-state index is 0.0997. The molecule has 0 spiro atoms. The summed E-state index contributed by atoms with van der Waals surface area (Å²) in [5, 5.41) is 6.50. The molecule has 0 unspecified atom stereocenters. The summed E-state index contributed by atoms with van der Waals surface area (Å²) < 4.78 is 0. The van der Waals surface area contributed by atoms with Gasteiger partial charge < -0.3 is 11.1 Å². The first-order chi connectivity index (χ1) is 9.01. The van der Waals surface area contributed by atoms with Crippen LogP contribution < -0.4 is 11.1 Å². The number of nitrogens with zero attached hydrogens (tertiary/aromatic N) is 3. The van der Waals surface area contributed by atoms with Crippen LogP contribution in [0.3, 0.4) is 0 Å². The summed E-state index contributed by atoms with van der Waals surface area (Å²) in [5.41, 5.74) is 8.81. The van der Waals surface area contributed by atoms with Gasteiger partial charge in [0.25, 0.3) is 0 Å². The molecule has 1 atom stereocenters. The summed E-state index contributed by atoms with van der Waals surface area (Å²) in [4.78, 5) is 13.0. The van der Waals surface area contributed by atoms with Gasteiger partial charge in [-0.15, -0.1) is 11.3 Å². The number of nitrogens with one attached hydrogen (secondary N) is 1. The van der Waals surface area contributed by atoms with Gasteiger partial charge in [0.2, 0.25) is 5.95 Å². The Labute approximate surface area is 117 Å². The molecule has 0 saturated heterocycles. The summed E-state index contributed by atoms with van der Waals surface area (Å²) in [6.07, 6.45) is 0.845. The second-order valence-electron chi connectivity index (χ2n) is 4.51. The number of anilines is 2. The lowest BCUT2D eigenvalue weighted by Crippen LogP contribution is -2.13. The third-order valence-electron chi connectivity index (χ3n) is 3.03. The molecule has 0 aliphatic heterocycles. The van der Waals surface area contributed by atoms with Crippen LogP contribution in [0.2, 0.25) is 0 Å². The molecule has 2 heterocycles. The minimum Gasteiger partial charge on any atom is -0.368 e. The lowest BCUT2D eigenvalue weighted by molar-refractivity contribution is 0.830. The van der Waals surface area contributed by atoms with Crippen LogP contribution in [-0.2, 0) is 6.42 Å². The second kappa shape index (κ2) is 5.52. The highest BCUT2D eigenvalue weighted by Crippen LogP contribution is 2.23. The van der Waals surface area contributed by atoms with E-state index < -0.39 is 0 Å². The molecule has 0 aromatic carbocycles. The van der Waals surface area contributed by atoms with Crippen molar-refractivity contribution in [2.24, 2.45) is 0 Å². The number of nitrogens with two attached hydrogens (primary N) is 1. The van der Waals surface area contributed by atoms with Gasteiger partial charge in [-0.1, -0.05) is 6.92 Å². The molecule has 0 fully saturated rings. The molecule has 0 saturated carbocycles. The molecule has 0 aliphatic rings. The lowest BCUT2D eigenvalue weighted by atomic mass is 10.1. The summed E-state index contributed by atoms with van der Waals surface area (Å²) >= 11 is 1.65. The average molecular weight is 277 g/mol. The molecular formula is C13H19N5S. The Balaban J connectivity index is 2.25. The van der Waals surface area contributed by atoms with E-state index in [0.29, 0.717) is 5.95 Å². The van der Waals surface area contributed by atoms with E-state index in [1.54, 1.807) is 11.3 Å². The van der Waals surface area contributed by atoms with Crippen molar-refractivity contribution in [3.05, 3.63) is 27.3 Å². The molecule has 0 bridgehead atoms. The number of aryl methyl sites for hydroxylation is 2. The predicted octanol–water partition coefficient (Wildman–Crippen LogP) is 2.87. The first kappa shape index (κ1) is 13.7. The second-order valence-corrected chi connectivity index (χ2v) is 5.58. The van der Waals surface area contributed by atoms with Crippen LogP contribution >= 0.6 is 11.3 Å². The minimum absolute atomic E-state index is 0.0997. The first-order valence-corrected chi connectivity index (χ1v) is 7.20. The Morgan fingerprint density at radius 3 is 2.63 bits per heavy atom. The van der Waals surface area contributed by atoms with Crippen molar-refractivity contribution in [3.8, 4) is 0 Å². The molecule has 19 heavy (non-hydrogen) atoms. The fourth-order valence-electron chi connectivity index (χ4n) is 1.93. The van der Waals surface area contributed by atoms with Crippen LogP contribution in [0.4, 0.5) is 11.8 Å². The molecule has 0 radical (unpaired) electrons. The van der Waals surface area contributed by atoms with Crippen LogP contribution in [0.15, 0.2) is 5.38 Å². The van der Waals surface area contributed by atoms with E-state index in [0.717, 1.165) is 34.2 Å². The molecule has 6 heteroatoms. The normalized spacial score (nSPS) is 12.4. The van der Waals surface area contributed by atoms with Gasteiger partial charge in [0.1, 0.15) is 5.82 Å². The first-order valence-electron chi connectivity index (χ1n) is 6.32. The molecule has 2 aromatic heterocycles. The molecule has 102 valence electrons. The van der Waals surface area contributed by atoms with E-state index in [9.17, 15) is 0 Å². The Morgan fingerprint density at radius 2 is 2.05 bits per heavy atom. The molecule has 2 rings (SSSR count). The zero-order chi connectivity index (χ0) is 14.0. The Hall–Kier alpha value is -1.69. The summed E-state index contributed by atoms with van der Waals surface area (Å²) in [6.45, 7) is 8.15. The van der Waals surface area contributed by atoms with Crippen molar-refractivity contribution < 1.29 is 0 Å². The van der Waals surface area contributed by atoms with E-state index in [1.807, 2.05) is 13.8 Å². The monoisotopic (exact) mass is 277 g/mol. The van der Waals surface area contributed by atoms with Gasteiger partial charge in [0.15, 0.2) is 0 Å². The number of rotatable bonds is 4. The van der Waals surface area contributed by atoms with Crippen molar-refractivity contribution in [2.45, 2.75) is 40.2 Å². The highest BCUT2D eigenvalue weighted by atomic mass is 32.1. The summed E-state index contributed by atoms with van der Waals surface area (Å²) in [7, 11) is 0. The Morgan fingerprint density at radius 1 is 1.32 bits per heavy atom. The van der Waals surface area contributed by atoms with E-state index in [1.165, 1.54) is 0 Å². The van der Waals surface area contributed by atoms with Gasteiger partial charge in [-0.25, -0.2) is 9.97 Å². The van der Waals surface area contributed by atoms with Crippen LogP contribution in [0.1, 0.15) is 41.8 Å². The smallest absolute Gasteiger partial charge is 0.222 e. The Bertz CT molecular complexity index is 578. The third kappa shape index (κ3) is 3.01. The standard InChI is InChI=1S/C13H19N5S/c1-5-10-7(2)12(18-13(14)17-10)15-8(3)11-6-19-9(4)16-11/h6,8H,5H2,1-4H3,(H3,14,15,17,18)/t8-/m0/s1. The van der Waals surface area contributed by atoms with Crippen molar-refractivity contribution in [2.75, 3.05) is 11.1 Å². The molecule has 5 nitrogen and oxygen atoms in total. The van der Waals surface area contributed by atoms with Crippen LogP contribution in [0, 0.1) is 13.8 Å². The van der Waals surface area contributed by atoms with Gasteiger partial charge >= 0.3 is 0 Å².